The number of hydrogen-bond acceptors (Lipinski definition) is 5. The summed E-state index contributed by atoms with van der Waals surface area (Å²) in [6.45, 7) is -0.0396. The van der Waals surface area contributed by atoms with Crippen LogP contribution in [0.15, 0.2) is 42.0 Å². The lowest BCUT2D eigenvalue weighted by molar-refractivity contribution is -0.122. The van der Waals surface area contributed by atoms with Gasteiger partial charge in [0.25, 0.3) is 11.8 Å². The van der Waals surface area contributed by atoms with Gasteiger partial charge in [-0.25, -0.2) is 14.1 Å². The number of terminal acetylenes is 1. The fourth-order valence-corrected chi connectivity index (χ4v) is 3.02. The first kappa shape index (κ1) is 20.9. The molecule has 0 unspecified atom stereocenters. The highest BCUT2D eigenvalue weighted by Gasteiger charge is 2.37. The molecule has 0 spiro atoms. The van der Waals surface area contributed by atoms with Crippen molar-refractivity contribution < 1.29 is 28.2 Å². The van der Waals surface area contributed by atoms with E-state index in [0.717, 1.165) is 12.1 Å². The van der Waals surface area contributed by atoms with Crippen LogP contribution in [0.25, 0.3) is 6.08 Å². The third kappa shape index (κ3) is 4.11. The average Bonchev–Trinajstić information content (AvgIpc) is 2.70. The number of rotatable bonds is 5. The first-order chi connectivity index (χ1) is 14.3. The quantitative estimate of drug-likeness (QED) is 0.449. The van der Waals surface area contributed by atoms with Crippen molar-refractivity contribution in [2.24, 2.45) is 0 Å². The van der Waals surface area contributed by atoms with Gasteiger partial charge in [0.05, 0.1) is 17.8 Å². The van der Waals surface area contributed by atoms with Crippen molar-refractivity contribution in [3.05, 3.63) is 58.4 Å². The van der Waals surface area contributed by atoms with E-state index < -0.39 is 23.7 Å². The molecule has 3 rings (SSSR count). The second-order valence-electron chi connectivity index (χ2n) is 5.96. The molecule has 7 nitrogen and oxygen atoms in total. The van der Waals surface area contributed by atoms with Crippen LogP contribution in [0.4, 0.5) is 14.9 Å². The maximum absolute atomic E-state index is 13.5. The zero-order chi connectivity index (χ0) is 21.8. The number of barbiturate groups is 1. The zero-order valence-electron chi connectivity index (χ0n) is 15.6. The molecular weight excluding hydrogens is 415 g/mol. The van der Waals surface area contributed by atoms with Crippen LogP contribution in [0, 0.1) is 18.2 Å². The third-order valence-corrected chi connectivity index (χ3v) is 4.31. The Labute approximate surface area is 176 Å². The van der Waals surface area contributed by atoms with Crippen LogP contribution >= 0.6 is 11.6 Å². The van der Waals surface area contributed by atoms with E-state index in [9.17, 15) is 18.8 Å². The number of halogens is 2. The summed E-state index contributed by atoms with van der Waals surface area (Å²) in [5, 5.41) is 2.19. The van der Waals surface area contributed by atoms with E-state index in [0.29, 0.717) is 10.5 Å². The fourth-order valence-electron chi connectivity index (χ4n) is 2.75. The van der Waals surface area contributed by atoms with Crippen molar-refractivity contribution in [3.8, 4) is 23.8 Å². The fraction of sp³-hybridized carbons (Fsp3) is 0.0952. The summed E-state index contributed by atoms with van der Waals surface area (Å²) in [7, 11) is 1.38. The van der Waals surface area contributed by atoms with Gasteiger partial charge in [-0.1, -0.05) is 23.6 Å². The van der Waals surface area contributed by atoms with E-state index in [-0.39, 0.29) is 34.4 Å². The Morgan fingerprint density at radius 1 is 1.27 bits per heavy atom. The summed E-state index contributed by atoms with van der Waals surface area (Å²) in [6.07, 6.45) is 6.41. The van der Waals surface area contributed by atoms with Crippen LogP contribution in [0.3, 0.4) is 0 Å². The number of amides is 4. The molecule has 1 saturated heterocycles. The second-order valence-corrected chi connectivity index (χ2v) is 6.37. The third-order valence-electron chi connectivity index (χ3n) is 4.03. The molecule has 1 N–H and O–H groups in total. The molecule has 0 saturated carbocycles. The number of ether oxygens (including phenoxy) is 2. The van der Waals surface area contributed by atoms with Gasteiger partial charge >= 0.3 is 6.03 Å². The van der Waals surface area contributed by atoms with E-state index in [1.54, 1.807) is 0 Å². The van der Waals surface area contributed by atoms with Gasteiger partial charge in [0.15, 0.2) is 11.5 Å². The van der Waals surface area contributed by atoms with Crippen LogP contribution in [0.2, 0.25) is 5.02 Å². The predicted molar refractivity (Wildman–Crippen MR) is 108 cm³/mol. The molecule has 1 aliphatic rings. The Balaban J connectivity index is 2.02. The maximum atomic E-state index is 13.5. The number of imide groups is 2. The highest BCUT2D eigenvalue weighted by molar-refractivity contribution is 6.39. The molecule has 0 aliphatic carbocycles. The van der Waals surface area contributed by atoms with E-state index in [1.165, 1.54) is 37.5 Å². The molecule has 4 amide bonds. The number of nitrogens with zero attached hydrogens (tertiary/aromatic N) is 1. The molecule has 2 aromatic carbocycles. The van der Waals surface area contributed by atoms with Crippen molar-refractivity contribution in [2.75, 3.05) is 18.6 Å². The van der Waals surface area contributed by atoms with Gasteiger partial charge in [-0.15, -0.1) is 6.42 Å². The number of carbonyl (C=O) groups is 3. The predicted octanol–water partition coefficient (Wildman–Crippen LogP) is 3.17. The Morgan fingerprint density at radius 3 is 2.70 bits per heavy atom. The summed E-state index contributed by atoms with van der Waals surface area (Å²) in [5.74, 6) is 0.271. The van der Waals surface area contributed by atoms with Crippen LogP contribution in [0.5, 0.6) is 11.5 Å². The first-order valence-electron chi connectivity index (χ1n) is 8.46. The normalized spacial score (nSPS) is 15.1. The smallest absolute Gasteiger partial charge is 0.335 e. The van der Waals surface area contributed by atoms with E-state index in [2.05, 4.69) is 11.2 Å². The molecule has 30 heavy (non-hydrogen) atoms. The Bertz CT molecular complexity index is 1120. The molecule has 0 atom stereocenters. The van der Waals surface area contributed by atoms with Gasteiger partial charge in [0, 0.05) is 0 Å². The van der Waals surface area contributed by atoms with Crippen molar-refractivity contribution in [3.63, 3.8) is 0 Å². The van der Waals surface area contributed by atoms with Crippen molar-refractivity contribution >= 4 is 41.2 Å². The highest BCUT2D eigenvalue weighted by Crippen LogP contribution is 2.37. The molecule has 0 radical (unpaired) electrons. The second kappa shape index (κ2) is 8.68. The lowest BCUT2D eigenvalue weighted by atomic mass is 10.1. The number of hydrogen-bond donors (Lipinski definition) is 1. The van der Waals surface area contributed by atoms with Crippen LogP contribution < -0.4 is 19.7 Å². The van der Waals surface area contributed by atoms with Crippen LogP contribution in [-0.4, -0.2) is 31.6 Å². The minimum absolute atomic E-state index is 0.0236. The zero-order valence-corrected chi connectivity index (χ0v) is 16.3. The van der Waals surface area contributed by atoms with E-state index in [4.69, 9.17) is 27.5 Å². The molecule has 1 heterocycles. The molecular formula is C21H14ClFN2O5. The summed E-state index contributed by atoms with van der Waals surface area (Å²) >= 11 is 6.21. The number of benzene rings is 2. The van der Waals surface area contributed by atoms with Gasteiger partial charge in [0.2, 0.25) is 0 Å². The molecule has 0 bridgehead atoms. The van der Waals surface area contributed by atoms with Crippen LogP contribution in [0.1, 0.15) is 5.56 Å². The number of carbonyl (C=O) groups excluding carboxylic acids is 3. The lowest BCUT2D eigenvalue weighted by Gasteiger charge is -2.26. The maximum Gasteiger partial charge on any atom is 0.335 e. The number of anilines is 1. The van der Waals surface area contributed by atoms with E-state index >= 15 is 0 Å². The Morgan fingerprint density at radius 2 is 2.03 bits per heavy atom. The summed E-state index contributed by atoms with van der Waals surface area (Å²) < 4.78 is 24.1. The summed E-state index contributed by atoms with van der Waals surface area (Å²) in [5.41, 5.74) is -0.0456. The van der Waals surface area contributed by atoms with Gasteiger partial charge in [-0.05, 0) is 42.0 Å². The molecule has 9 heteroatoms. The Kier molecular flexibility index (Phi) is 6.04. The SMILES string of the molecule is C#CCOc1c(Cl)cc(/C=C2\C(=O)NC(=O)N(c3cccc(F)c3)C2=O)cc1OC. The molecule has 152 valence electrons. The van der Waals surface area contributed by atoms with Crippen molar-refractivity contribution in [2.45, 2.75) is 0 Å². The minimum Gasteiger partial charge on any atom is -0.493 e. The lowest BCUT2D eigenvalue weighted by Crippen LogP contribution is -2.54. The molecule has 1 aliphatic heterocycles. The standard InChI is InChI=1S/C21H14ClFN2O5/c1-3-7-30-18-16(22)9-12(10-17(18)29-2)8-15-19(26)24-21(28)25(20(15)27)14-6-4-5-13(23)11-14/h1,4-6,8-11H,7H2,2H3,(H,24,26,28)/b15-8+. The van der Waals surface area contributed by atoms with Gasteiger partial charge in [-0.3, -0.25) is 14.9 Å². The molecule has 0 aromatic heterocycles. The number of nitrogens with one attached hydrogen (secondary N) is 1. The average molecular weight is 429 g/mol. The van der Waals surface area contributed by atoms with Crippen molar-refractivity contribution in [1.29, 1.82) is 0 Å². The Hall–Kier alpha value is -3.83. The molecule has 1 fully saturated rings. The molecule has 2 aromatic rings. The first-order valence-corrected chi connectivity index (χ1v) is 8.84. The number of urea groups is 1. The summed E-state index contributed by atoms with van der Waals surface area (Å²) in [6, 6.07) is 6.80. The minimum atomic E-state index is -0.985. The highest BCUT2D eigenvalue weighted by atomic mass is 35.5. The largest absolute Gasteiger partial charge is 0.493 e. The van der Waals surface area contributed by atoms with Crippen molar-refractivity contribution in [1.82, 2.24) is 5.32 Å². The summed E-state index contributed by atoms with van der Waals surface area (Å²) in [4.78, 5) is 38.0. The van der Waals surface area contributed by atoms with Gasteiger partial charge in [0.1, 0.15) is 18.0 Å². The van der Waals surface area contributed by atoms with Crippen LogP contribution in [-0.2, 0) is 9.59 Å². The monoisotopic (exact) mass is 428 g/mol. The topological polar surface area (TPSA) is 84.9 Å². The van der Waals surface area contributed by atoms with E-state index in [1.807, 2.05) is 0 Å². The van der Waals surface area contributed by atoms with Gasteiger partial charge < -0.3 is 9.47 Å². The number of methoxy groups -OCH3 is 1. The van der Waals surface area contributed by atoms with Gasteiger partial charge in [-0.2, -0.15) is 0 Å².